The van der Waals surface area contributed by atoms with Crippen LogP contribution in [0.3, 0.4) is 0 Å². The summed E-state index contributed by atoms with van der Waals surface area (Å²) in [6.45, 7) is 10.5. The van der Waals surface area contributed by atoms with Crippen molar-refractivity contribution in [3.8, 4) is 5.75 Å². The van der Waals surface area contributed by atoms with Gasteiger partial charge in [-0.3, -0.25) is 0 Å². The van der Waals surface area contributed by atoms with Gasteiger partial charge in [0.1, 0.15) is 5.75 Å². The van der Waals surface area contributed by atoms with Gasteiger partial charge in [-0.25, -0.2) is 0 Å². The van der Waals surface area contributed by atoms with Crippen molar-refractivity contribution in [2.24, 2.45) is 0 Å². The first-order valence-corrected chi connectivity index (χ1v) is 4.45. The smallest absolute Gasteiger partial charge is 0.119 e. The molecule has 0 bridgehead atoms. The molecule has 1 radical (unpaired) electrons. The SMILES string of the molecule is [CH2]c1cc(OC)cc(C(C)(C)C)c1. The summed E-state index contributed by atoms with van der Waals surface area (Å²) in [5, 5.41) is 0. The van der Waals surface area contributed by atoms with Crippen molar-refractivity contribution in [3.05, 3.63) is 36.2 Å². The van der Waals surface area contributed by atoms with Crippen molar-refractivity contribution in [1.82, 2.24) is 0 Å². The van der Waals surface area contributed by atoms with Crippen LogP contribution in [0.1, 0.15) is 31.9 Å². The van der Waals surface area contributed by atoms with E-state index < -0.39 is 0 Å². The fourth-order valence-corrected chi connectivity index (χ4v) is 1.21. The van der Waals surface area contributed by atoms with Gasteiger partial charge in [0, 0.05) is 0 Å². The molecular weight excluding hydrogens is 160 g/mol. The van der Waals surface area contributed by atoms with E-state index in [9.17, 15) is 0 Å². The summed E-state index contributed by atoms with van der Waals surface area (Å²) in [6, 6.07) is 6.10. The van der Waals surface area contributed by atoms with E-state index in [2.05, 4.69) is 39.8 Å². The molecule has 1 rings (SSSR count). The number of hydrogen-bond acceptors (Lipinski definition) is 1. The molecule has 0 aliphatic rings. The van der Waals surface area contributed by atoms with Crippen LogP contribution in [0.15, 0.2) is 18.2 Å². The van der Waals surface area contributed by atoms with Crippen LogP contribution in [0.4, 0.5) is 0 Å². The molecule has 0 aliphatic carbocycles. The Bertz CT molecular complexity index is 294. The summed E-state index contributed by atoms with van der Waals surface area (Å²) < 4.78 is 5.19. The lowest BCUT2D eigenvalue weighted by molar-refractivity contribution is 0.412. The van der Waals surface area contributed by atoms with Crippen molar-refractivity contribution in [1.29, 1.82) is 0 Å². The van der Waals surface area contributed by atoms with Gasteiger partial charge in [-0.2, -0.15) is 0 Å². The first kappa shape index (κ1) is 10.1. The first-order chi connectivity index (χ1) is 5.93. The van der Waals surface area contributed by atoms with Crippen molar-refractivity contribution < 1.29 is 4.74 Å². The summed E-state index contributed by atoms with van der Waals surface area (Å²) in [4.78, 5) is 0. The van der Waals surface area contributed by atoms with E-state index in [1.165, 1.54) is 5.56 Å². The Hall–Kier alpha value is -0.980. The lowest BCUT2D eigenvalue weighted by Gasteiger charge is -2.20. The van der Waals surface area contributed by atoms with Gasteiger partial charge in [-0.1, -0.05) is 26.8 Å². The lowest BCUT2D eigenvalue weighted by atomic mass is 9.86. The molecule has 1 aromatic carbocycles. The minimum absolute atomic E-state index is 0.154. The highest BCUT2D eigenvalue weighted by atomic mass is 16.5. The standard InChI is InChI=1S/C12H17O/c1-9-6-10(12(2,3)4)8-11(7-9)13-5/h6-8H,1H2,2-5H3. The van der Waals surface area contributed by atoms with E-state index in [1.54, 1.807) is 7.11 Å². The zero-order valence-electron chi connectivity index (χ0n) is 8.85. The summed E-state index contributed by atoms with van der Waals surface area (Å²) in [5.74, 6) is 0.887. The average Bonchev–Trinajstić information content (AvgIpc) is 2.01. The minimum atomic E-state index is 0.154. The summed E-state index contributed by atoms with van der Waals surface area (Å²) >= 11 is 0. The molecular formula is C12H17O. The number of hydrogen-bond donors (Lipinski definition) is 0. The quantitative estimate of drug-likeness (QED) is 0.640. The van der Waals surface area contributed by atoms with Gasteiger partial charge >= 0.3 is 0 Å². The third kappa shape index (κ3) is 2.48. The minimum Gasteiger partial charge on any atom is -0.497 e. The molecule has 0 atom stereocenters. The van der Waals surface area contributed by atoms with Crippen LogP contribution >= 0.6 is 0 Å². The fourth-order valence-electron chi connectivity index (χ4n) is 1.21. The van der Waals surface area contributed by atoms with Crippen LogP contribution in [0, 0.1) is 6.92 Å². The van der Waals surface area contributed by atoms with E-state index in [4.69, 9.17) is 4.74 Å². The Morgan fingerprint density at radius 3 is 2.23 bits per heavy atom. The predicted octanol–water partition coefficient (Wildman–Crippen LogP) is 3.17. The topological polar surface area (TPSA) is 9.23 Å². The molecule has 1 aromatic rings. The van der Waals surface area contributed by atoms with Crippen molar-refractivity contribution in [3.63, 3.8) is 0 Å². The van der Waals surface area contributed by atoms with E-state index >= 15 is 0 Å². The van der Waals surface area contributed by atoms with E-state index in [-0.39, 0.29) is 5.41 Å². The van der Waals surface area contributed by atoms with Crippen LogP contribution < -0.4 is 4.74 Å². The Labute approximate surface area is 80.7 Å². The van der Waals surface area contributed by atoms with E-state index in [0.29, 0.717) is 0 Å². The van der Waals surface area contributed by atoms with Crippen LogP contribution in [0.2, 0.25) is 0 Å². The maximum absolute atomic E-state index is 5.19. The van der Waals surface area contributed by atoms with Gasteiger partial charge in [-0.15, -0.1) is 0 Å². The highest BCUT2D eigenvalue weighted by molar-refractivity contribution is 5.38. The third-order valence-electron chi connectivity index (χ3n) is 2.07. The average molecular weight is 177 g/mol. The monoisotopic (exact) mass is 177 g/mol. The van der Waals surface area contributed by atoms with Gasteiger partial charge in [0.15, 0.2) is 0 Å². The lowest BCUT2D eigenvalue weighted by Crippen LogP contribution is -2.11. The number of benzene rings is 1. The van der Waals surface area contributed by atoms with E-state index in [1.807, 2.05) is 6.07 Å². The van der Waals surface area contributed by atoms with Gasteiger partial charge in [0.2, 0.25) is 0 Å². The Balaban J connectivity index is 3.16. The van der Waals surface area contributed by atoms with Gasteiger partial charge < -0.3 is 4.74 Å². The summed E-state index contributed by atoms with van der Waals surface area (Å²) in [7, 11) is 1.68. The Morgan fingerprint density at radius 2 is 1.77 bits per heavy atom. The maximum Gasteiger partial charge on any atom is 0.119 e. The number of methoxy groups -OCH3 is 1. The molecule has 1 heteroatoms. The van der Waals surface area contributed by atoms with Crippen LogP contribution in [-0.4, -0.2) is 7.11 Å². The predicted molar refractivity (Wildman–Crippen MR) is 56.2 cm³/mol. The second-order valence-corrected chi connectivity index (χ2v) is 4.32. The Morgan fingerprint density at radius 1 is 1.15 bits per heavy atom. The van der Waals surface area contributed by atoms with Crippen LogP contribution in [0.25, 0.3) is 0 Å². The first-order valence-electron chi connectivity index (χ1n) is 4.45. The van der Waals surface area contributed by atoms with Gasteiger partial charge in [0.05, 0.1) is 7.11 Å². The zero-order valence-corrected chi connectivity index (χ0v) is 8.85. The number of ether oxygens (including phenoxy) is 1. The molecule has 71 valence electrons. The molecule has 0 spiro atoms. The molecule has 1 nitrogen and oxygen atoms in total. The Kier molecular flexibility index (Phi) is 2.65. The highest BCUT2D eigenvalue weighted by Crippen LogP contribution is 2.27. The van der Waals surface area contributed by atoms with Crippen molar-refractivity contribution >= 4 is 0 Å². The molecule has 0 amide bonds. The summed E-state index contributed by atoms with van der Waals surface area (Å²) in [6.07, 6.45) is 0. The number of rotatable bonds is 1. The third-order valence-corrected chi connectivity index (χ3v) is 2.07. The molecule has 13 heavy (non-hydrogen) atoms. The largest absolute Gasteiger partial charge is 0.497 e. The molecule has 0 N–H and O–H groups in total. The molecule has 0 fully saturated rings. The second kappa shape index (κ2) is 3.41. The molecule has 0 saturated heterocycles. The van der Waals surface area contributed by atoms with Crippen LogP contribution in [-0.2, 0) is 5.41 Å². The second-order valence-electron chi connectivity index (χ2n) is 4.32. The molecule has 0 unspecified atom stereocenters. The van der Waals surface area contributed by atoms with Crippen LogP contribution in [0.5, 0.6) is 5.75 Å². The van der Waals surface area contributed by atoms with E-state index in [0.717, 1.165) is 11.3 Å². The van der Waals surface area contributed by atoms with Crippen molar-refractivity contribution in [2.75, 3.05) is 7.11 Å². The summed E-state index contributed by atoms with van der Waals surface area (Å²) in [5.41, 5.74) is 2.42. The normalized spacial score (nSPS) is 11.5. The van der Waals surface area contributed by atoms with Gasteiger partial charge in [0.25, 0.3) is 0 Å². The molecule has 0 aliphatic heterocycles. The fraction of sp³-hybridized carbons (Fsp3) is 0.417. The molecule has 0 saturated carbocycles. The highest BCUT2D eigenvalue weighted by Gasteiger charge is 2.14. The molecule has 0 aromatic heterocycles. The molecule has 0 heterocycles. The van der Waals surface area contributed by atoms with Crippen molar-refractivity contribution in [2.45, 2.75) is 26.2 Å². The zero-order chi connectivity index (χ0) is 10.1. The van der Waals surface area contributed by atoms with Gasteiger partial charge in [-0.05, 0) is 35.6 Å². The maximum atomic E-state index is 5.19.